The molecule has 0 amide bonds. The molecular weight excluding hydrogens is 807 g/mol. The second kappa shape index (κ2) is 14.2. The number of imidazole rings is 1. The SMILES string of the molecule is CC1(C)c2ccccc2N(c2ccccn2)c2cc([Si](c3ccccc3)(c3ccccc3)c3ccc4c5ccccc5n5ccnc5c4c3)c3c(c21)c1ccccc1n3-c1ccccc1. The van der Waals surface area contributed by atoms with Crippen LogP contribution in [-0.2, 0) is 5.41 Å². The van der Waals surface area contributed by atoms with Crippen molar-refractivity contribution in [2.75, 3.05) is 4.90 Å². The maximum absolute atomic E-state index is 5.12. The van der Waals surface area contributed by atoms with Crippen LogP contribution < -0.4 is 25.6 Å². The third-order valence-corrected chi connectivity index (χ3v) is 18.9. The minimum atomic E-state index is -3.38. The summed E-state index contributed by atoms with van der Waals surface area (Å²) in [5, 5.41) is 11.2. The normalized spacial score (nSPS) is 13.5. The molecule has 0 fully saturated rings. The Hall–Kier alpha value is -8.06. The summed E-state index contributed by atoms with van der Waals surface area (Å²) in [4.78, 5) is 12.6. The number of hydrogen-bond donors (Lipinski definition) is 0. The van der Waals surface area contributed by atoms with E-state index in [0.29, 0.717) is 0 Å². The van der Waals surface area contributed by atoms with Gasteiger partial charge in [0.15, 0.2) is 8.07 Å². The van der Waals surface area contributed by atoms with Crippen LogP contribution in [0.25, 0.3) is 54.8 Å². The highest BCUT2D eigenvalue weighted by molar-refractivity contribution is 7.20. The average molecular weight is 850 g/mol. The fourth-order valence-electron chi connectivity index (χ4n) is 11.4. The average Bonchev–Trinajstić information content (AvgIpc) is 4.00. The molecule has 0 aliphatic carbocycles. The number of fused-ring (bicyclic) bond motifs is 12. The van der Waals surface area contributed by atoms with Crippen molar-refractivity contribution in [1.29, 1.82) is 0 Å². The molecule has 0 atom stereocenters. The minimum Gasteiger partial charge on any atom is -0.309 e. The smallest absolute Gasteiger partial charge is 0.182 e. The van der Waals surface area contributed by atoms with Crippen molar-refractivity contribution in [2.45, 2.75) is 19.3 Å². The van der Waals surface area contributed by atoms with E-state index in [-0.39, 0.29) is 5.41 Å². The molecule has 0 radical (unpaired) electrons. The highest BCUT2D eigenvalue weighted by Gasteiger charge is 2.48. The fraction of sp³-hybridized carbons (Fsp3) is 0.0508. The Bertz CT molecular complexity index is 3760. The molecule has 5 heterocycles. The molecule has 4 aromatic heterocycles. The molecule has 5 nitrogen and oxygen atoms in total. The van der Waals surface area contributed by atoms with Gasteiger partial charge in [-0.05, 0) is 85.8 Å². The maximum Gasteiger partial charge on any atom is 0.182 e. The van der Waals surface area contributed by atoms with E-state index in [9.17, 15) is 0 Å². The predicted octanol–water partition coefficient (Wildman–Crippen LogP) is 11.6. The summed E-state index contributed by atoms with van der Waals surface area (Å²) in [7, 11) is -3.38. The summed E-state index contributed by atoms with van der Waals surface area (Å²) in [6, 6.07) is 76.5. The number of para-hydroxylation sites is 4. The molecule has 0 N–H and O–H groups in total. The van der Waals surface area contributed by atoms with Crippen molar-refractivity contribution in [2.24, 2.45) is 0 Å². The van der Waals surface area contributed by atoms with Crippen molar-refractivity contribution in [1.82, 2.24) is 18.9 Å². The Balaban J connectivity index is 1.30. The number of rotatable bonds is 6. The molecule has 12 aromatic rings. The molecular formula is C59H43N5Si. The number of aromatic nitrogens is 4. The summed E-state index contributed by atoms with van der Waals surface area (Å²) in [6.07, 6.45) is 5.95. The van der Waals surface area contributed by atoms with Gasteiger partial charge in [-0.25, -0.2) is 9.97 Å². The first-order valence-electron chi connectivity index (χ1n) is 22.4. The second-order valence-corrected chi connectivity index (χ2v) is 21.5. The third kappa shape index (κ3) is 5.26. The Morgan fingerprint density at radius 3 is 1.86 bits per heavy atom. The van der Waals surface area contributed by atoms with Gasteiger partial charge in [0.05, 0.1) is 27.9 Å². The van der Waals surface area contributed by atoms with Crippen LogP contribution in [0.5, 0.6) is 0 Å². The summed E-state index contributed by atoms with van der Waals surface area (Å²) < 4.78 is 4.82. The molecule has 8 aromatic carbocycles. The predicted molar refractivity (Wildman–Crippen MR) is 273 cm³/mol. The van der Waals surface area contributed by atoms with Crippen molar-refractivity contribution in [3.05, 3.63) is 236 Å². The molecule has 0 unspecified atom stereocenters. The highest BCUT2D eigenvalue weighted by atomic mass is 28.3. The lowest BCUT2D eigenvalue weighted by atomic mass is 9.72. The van der Waals surface area contributed by atoms with Gasteiger partial charge in [0.2, 0.25) is 0 Å². The largest absolute Gasteiger partial charge is 0.309 e. The van der Waals surface area contributed by atoms with Gasteiger partial charge >= 0.3 is 0 Å². The molecule has 0 saturated carbocycles. The topological polar surface area (TPSA) is 38.4 Å². The number of benzene rings is 8. The van der Waals surface area contributed by atoms with E-state index in [1.807, 2.05) is 18.5 Å². The maximum atomic E-state index is 5.12. The van der Waals surface area contributed by atoms with E-state index in [2.05, 4.69) is 234 Å². The van der Waals surface area contributed by atoms with Gasteiger partial charge in [-0.2, -0.15) is 0 Å². The van der Waals surface area contributed by atoms with Crippen LogP contribution in [0.3, 0.4) is 0 Å². The van der Waals surface area contributed by atoms with Crippen molar-refractivity contribution < 1.29 is 0 Å². The molecule has 13 rings (SSSR count). The zero-order valence-corrected chi connectivity index (χ0v) is 37.1. The van der Waals surface area contributed by atoms with E-state index in [1.54, 1.807) is 0 Å². The lowest BCUT2D eigenvalue weighted by Gasteiger charge is -2.44. The Kier molecular flexibility index (Phi) is 8.20. The molecule has 1 aliphatic heterocycles. The molecule has 308 valence electrons. The van der Waals surface area contributed by atoms with Crippen LogP contribution in [0.4, 0.5) is 17.2 Å². The first-order chi connectivity index (χ1) is 32.0. The van der Waals surface area contributed by atoms with Gasteiger partial charge in [0, 0.05) is 51.2 Å². The first kappa shape index (κ1) is 37.5. The Morgan fingerprint density at radius 2 is 1.12 bits per heavy atom. The molecule has 0 spiro atoms. The zero-order valence-electron chi connectivity index (χ0n) is 36.1. The van der Waals surface area contributed by atoms with E-state index in [4.69, 9.17) is 9.97 Å². The summed E-state index contributed by atoms with van der Waals surface area (Å²) in [6.45, 7) is 4.83. The van der Waals surface area contributed by atoms with Gasteiger partial charge in [-0.3, -0.25) is 9.30 Å². The molecule has 0 saturated heterocycles. The van der Waals surface area contributed by atoms with Gasteiger partial charge in [-0.15, -0.1) is 0 Å². The van der Waals surface area contributed by atoms with E-state index < -0.39 is 8.07 Å². The van der Waals surface area contributed by atoms with Crippen LogP contribution in [0, 0.1) is 0 Å². The van der Waals surface area contributed by atoms with Gasteiger partial charge in [0.25, 0.3) is 0 Å². The number of nitrogens with zero attached hydrogens (tertiary/aromatic N) is 5. The molecule has 6 heteroatoms. The van der Waals surface area contributed by atoms with Crippen molar-refractivity contribution in [3.63, 3.8) is 0 Å². The summed E-state index contributed by atoms with van der Waals surface area (Å²) >= 11 is 0. The van der Waals surface area contributed by atoms with Gasteiger partial charge in [0.1, 0.15) is 11.5 Å². The highest BCUT2D eigenvalue weighted by Crippen LogP contribution is 2.55. The van der Waals surface area contributed by atoms with Crippen LogP contribution in [0.2, 0.25) is 0 Å². The Morgan fingerprint density at radius 1 is 0.477 bits per heavy atom. The lowest BCUT2D eigenvalue weighted by molar-refractivity contribution is 0.638. The van der Waals surface area contributed by atoms with Gasteiger partial charge in [-0.1, -0.05) is 172 Å². The lowest BCUT2D eigenvalue weighted by Crippen LogP contribution is -2.75. The summed E-state index contributed by atoms with van der Waals surface area (Å²) in [5.41, 5.74) is 10.1. The van der Waals surface area contributed by atoms with Gasteiger partial charge < -0.3 is 4.57 Å². The third-order valence-electron chi connectivity index (χ3n) is 14.1. The zero-order chi connectivity index (χ0) is 43.3. The quantitative estimate of drug-likeness (QED) is 0.0950. The van der Waals surface area contributed by atoms with Crippen molar-refractivity contribution >= 4 is 95.1 Å². The van der Waals surface area contributed by atoms with Crippen molar-refractivity contribution in [3.8, 4) is 5.69 Å². The monoisotopic (exact) mass is 849 g/mol. The summed E-state index contributed by atoms with van der Waals surface area (Å²) in [5.74, 6) is 0.889. The van der Waals surface area contributed by atoms with E-state index in [0.717, 1.165) is 39.4 Å². The fourth-order valence-corrected chi connectivity index (χ4v) is 16.4. The molecule has 1 aliphatic rings. The number of anilines is 3. The molecule has 65 heavy (non-hydrogen) atoms. The van der Waals surface area contributed by atoms with E-state index in [1.165, 1.54) is 64.5 Å². The molecule has 0 bridgehead atoms. The Labute approximate surface area is 378 Å². The second-order valence-electron chi connectivity index (χ2n) is 17.8. The van der Waals surface area contributed by atoms with Crippen LogP contribution >= 0.6 is 0 Å². The number of hydrogen-bond acceptors (Lipinski definition) is 3. The first-order valence-corrected chi connectivity index (χ1v) is 24.4. The van der Waals surface area contributed by atoms with E-state index >= 15 is 0 Å². The standard InChI is InChI=1S/C59H43N5Si/c1-59(2)48-28-14-17-31-51(48)64(54-32-18-19-35-60-54)52-39-53(57-55(56(52)59)46-27-13-16-30-50(46)63(57)40-20-6-3-7-21-40)65(41-22-8-4-9-23-41,42-24-10-5-11-25-42)43-33-34-44-45-26-12-15-29-49(45)62-37-36-61-58(62)47(44)38-43/h3-39H,1-2H3. The number of pyridine rings is 2. The van der Waals surface area contributed by atoms with Crippen LogP contribution in [0.1, 0.15) is 25.0 Å². The van der Waals surface area contributed by atoms with Crippen LogP contribution in [0.15, 0.2) is 225 Å². The minimum absolute atomic E-state index is 0.389. The van der Waals surface area contributed by atoms with Crippen LogP contribution in [-0.4, -0.2) is 27.0 Å².